The Labute approximate surface area is 109 Å². The summed E-state index contributed by atoms with van der Waals surface area (Å²) in [6, 6.07) is 4.61. The minimum Gasteiger partial charge on any atom is -0.394 e. The van der Waals surface area contributed by atoms with E-state index in [-0.39, 0.29) is 6.42 Å². The van der Waals surface area contributed by atoms with Crippen molar-refractivity contribution in [1.82, 2.24) is 0 Å². The summed E-state index contributed by atoms with van der Waals surface area (Å²) in [5.41, 5.74) is 0.489. The number of benzene rings is 1. The second-order valence-electron chi connectivity index (χ2n) is 3.74. The van der Waals surface area contributed by atoms with Crippen LogP contribution in [0.15, 0.2) is 18.2 Å². The smallest absolute Gasteiger partial charge is 0.103 e. The van der Waals surface area contributed by atoms with Crippen molar-refractivity contribution in [3.05, 3.63) is 33.8 Å². The number of aliphatic hydroxyl groups is 4. The molecule has 4 N–H and O–H groups in total. The van der Waals surface area contributed by atoms with Crippen LogP contribution >= 0.6 is 23.2 Å². The van der Waals surface area contributed by atoms with Gasteiger partial charge >= 0.3 is 0 Å². The fourth-order valence-electron chi connectivity index (χ4n) is 1.36. The topological polar surface area (TPSA) is 80.9 Å². The number of rotatable bonds is 5. The van der Waals surface area contributed by atoms with Gasteiger partial charge < -0.3 is 20.4 Å². The average Bonchev–Trinajstić information content (AvgIpc) is 2.31. The van der Waals surface area contributed by atoms with Gasteiger partial charge in [0.15, 0.2) is 0 Å². The SMILES string of the molecule is OCC(O)C(O)CC(O)c1ccc(Cl)c(Cl)c1. The van der Waals surface area contributed by atoms with E-state index in [0.29, 0.717) is 15.6 Å². The molecule has 3 unspecified atom stereocenters. The Morgan fingerprint density at radius 1 is 1.00 bits per heavy atom. The van der Waals surface area contributed by atoms with Crippen molar-refractivity contribution in [1.29, 1.82) is 0 Å². The highest BCUT2D eigenvalue weighted by atomic mass is 35.5. The zero-order chi connectivity index (χ0) is 13.0. The zero-order valence-electron chi connectivity index (χ0n) is 8.92. The molecule has 0 fully saturated rings. The molecule has 0 heterocycles. The van der Waals surface area contributed by atoms with Crippen LogP contribution < -0.4 is 0 Å². The first kappa shape index (κ1) is 14.7. The number of halogens is 2. The van der Waals surface area contributed by atoms with Crippen LogP contribution in [0.4, 0.5) is 0 Å². The van der Waals surface area contributed by atoms with Crippen LogP contribution in [0, 0.1) is 0 Å². The van der Waals surface area contributed by atoms with Crippen molar-refractivity contribution in [3.8, 4) is 0 Å². The highest BCUT2D eigenvalue weighted by molar-refractivity contribution is 6.42. The summed E-state index contributed by atoms with van der Waals surface area (Å²) in [5, 5.41) is 37.7. The minimum atomic E-state index is -1.27. The summed E-state index contributed by atoms with van der Waals surface area (Å²) in [5.74, 6) is 0. The molecular formula is C11H14Cl2O4. The van der Waals surface area contributed by atoms with Gasteiger partial charge in [-0.25, -0.2) is 0 Å². The molecule has 1 rings (SSSR count). The fraction of sp³-hybridized carbons (Fsp3) is 0.455. The average molecular weight is 281 g/mol. The summed E-state index contributed by atoms with van der Waals surface area (Å²) < 4.78 is 0. The zero-order valence-corrected chi connectivity index (χ0v) is 10.4. The molecule has 0 aliphatic heterocycles. The first-order valence-electron chi connectivity index (χ1n) is 5.05. The largest absolute Gasteiger partial charge is 0.394 e. The molecule has 0 aliphatic rings. The second-order valence-corrected chi connectivity index (χ2v) is 4.56. The van der Waals surface area contributed by atoms with Crippen LogP contribution in [0.3, 0.4) is 0 Å². The Balaban J connectivity index is 2.69. The first-order valence-corrected chi connectivity index (χ1v) is 5.81. The van der Waals surface area contributed by atoms with E-state index in [2.05, 4.69) is 0 Å². The van der Waals surface area contributed by atoms with Crippen molar-refractivity contribution < 1.29 is 20.4 Å². The molecule has 3 atom stereocenters. The molecule has 1 aromatic carbocycles. The van der Waals surface area contributed by atoms with Crippen LogP contribution in [-0.4, -0.2) is 39.2 Å². The minimum absolute atomic E-state index is 0.0975. The molecule has 96 valence electrons. The van der Waals surface area contributed by atoms with E-state index in [9.17, 15) is 10.2 Å². The highest BCUT2D eigenvalue weighted by Gasteiger charge is 2.20. The van der Waals surface area contributed by atoms with Crippen LogP contribution in [0.2, 0.25) is 10.0 Å². The van der Waals surface area contributed by atoms with E-state index in [1.807, 2.05) is 0 Å². The van der Waals surface area contributed by atoms with E-state index in [4.69, 9.17) is 33.4 Å². The summed E-state index contributed by atoms with van der Waals surface area (Å²) >= 11 is 11.5. The lowest BCUT2D eigenvalue weighted by molar-refractivity contribution is -0.0367. The molecule has 0 radical (unpaired) electrons. The summed E-state index contributed by atoms with van der Waals surface area (Å²) in [6.45, 7) is -0.560. The number of hydrogen-bond acceptors (Lipinski definition) is 4. The summed E-state index contributed by atoms with van der Waals surface area (Å²) in [7, 11) is 0. The predicted octanol–water partition coefficient (Wildman–Crippen LogP) is 1.13. The molecule has 0 aromatic heterocycles. The monoisotopic (exact) mass is 280 g/mol. The quantitative estimate of drug-likeness (QED) is 0.652. The van der Waals surface area contributed by atoms with Crippen molar-refractivity contribution in [2.24, 2.45) is 0 Å². The van der Waals surface area contributed by atoms with Gasteiger partial charge in [0.2, 0.25) is 0 Å². The lowest BCUT2D eigenvalue weighted by atomic mass is 10.0. The van der Waals surface area contributed by atoms with Gasteiger partial charge in [-0.2, -0.15) is 0 Å². The standard InChI is InChI=1S/C11H14Cl2O4/c12-7-2-1-6(3-8(7)13)9(15)4-10(16)11(17)5-14/h1-3,9-11,14-17H,4-5H2. The van der Waals surface area contributed by atoms with Crippen molar-refractivity contribution >= 4 is 23.2 Å². The molecule has 4 nitrogen and oxygen atoms in total. The third-order valence-electron chi connectivity index (χ3n) is 2.42. The Kier molecular flexibility index (Phi) is 5.66. The van der Waals surface area contributed by atoms with Gasteiger partial charge in [-0.3, -0.25) is 0 Å². The highest BCUT2D eigenvalue weighted by Crippen LogP contribution is 2.27. The number of aliphatic hydroxyl groups excluding tert-OH is 4. The van der Waals surface area contributed by atoms with Gasteiger partial charge in [-0.15, -0.1) is 0 Å². The summed E-state index contributed by atoms with van der Waals surface area (Å²) in [4.78, 5) is 0. The fourth-order valence-corrected chi connectivity index (χ4v) is 1.67. The van der Waals surface area contributed by atoms with Gasteiger partial charge in [-0.1, -0.05) is 29.3 Å². The summed E-state index contributed by atoms with van der Waals surface area (Å²) in [6.07, 6.45) is -3.56. The molecule has 0 spiro atoms. The normalized spacial score (nSPS) is 16.6. The molecule has 0 bridgehead atoms. The molecule has 0 amide bonds. The van der Waals surface area contributed by atoms with Crippen LogP contribution in [-0.2, 0) is 0 Å². The van der Waals surface area contributed by atoms with Gasteiger partial charge in [0.25, 0.3) is 0 Å². The molecule has 0 aliphatic carbocycles. The Hall–Kier alpha value is -0.360. The van der Waals surface area contributed by atoms with Gasteiger partial charge in [0.1, 0.15) is 6.10 Å². The van der Waals surface area contributed by atoms with E-state index in [0.717, 1.165) is 0 Å². The van der Waals surface area contributed by atoms with Crippen LogP contribution in [0.25, 0.3) is 0 Å². The number of hydrogen-bond donors (Lipinski definition) is 4. The maximum Gasteiger partial charge on any atom is 0.103 e. The Bertz CT molecular complexity index is 372. The van der Waals surface area contributed by atoms with Crippen molar-refractivity contribution in [2.75, 3.05) is 6.61 Å². The maximum absolute atomic E-state index is 9.80. The van der Waals surface area contributed by atoms with Gasteiger partial charge in [0, 0.05) is 6.42 Å². The van der Waals surface area contributed by atoms with Crippen LogP contribution in [0.1, 0.15) is 18.1 Å². The predicted molar refractivity (Wildman–Crippen MR) is 65.1 cm³/mol. The van der Waals surface area contributed by atoms with Crippen molar-refractivity contribution in [2.45, 2.75) is 24.7 Å². The molecule has 6 heteroatoms. The molecule has 0 saturated carbocycles. The molecular weight excluding hydrogens is 267 g/mol. The van der Waals surface area contributed by atoms with Crippen LogP contribution in [0.5, 0.6) is 0 Å². The van der Waals surface area contributed by atoms with E-state index >= 15 is 0 Å². The lowest BCUT2D eigenvalue weighted by Crippen LogP contribution is -2.30. The van der Waals surface area contributed by atoms with E-state index in [1.165, 1.54) is 12.1 Å². The third kappa shape index (κ3) is 4.10. The Morgan fingerprint density at radius 2 is 1.65 bits per heavy atom. The van der Waals surface area contributed by atoms with E-state index in [1.54, 1.807) is 6.07 Å². The molecule has 17 heavy (non-hydrogen) atoms. The molecule has 0 saturated heterocycles. The van der Waals surface area contributed by atoms with Crippen molar-refractivity contribution in [3.63, 3.8) is 0 Å². The molecule has 1 aromatic rings. The third-order valence-corrected chi connectivity index (χ3v) is 3.16. The lowest BCUT2D eigenvalue weighted by Gasteiger charge is -2.19. The Morgan fingerprint density at radius 3 is 2.18 bits per heavy atom. The second kappa shape index (κ2) is 6.54. The maximum atomic E-state index is 9.80. The van der Waals surface area contributed by atoms with E-state index < -0.39 is 24.9 Å². The first-order chi connectivity index (χ1) is 7.95. The van der Waals surface area contributed by atoms with Gasteiger partial charge in [0.05, 0.1) is 28.9 Å². The van der Waals surface area contributed by atoms with Gasteiger partial charge in [-0.05, 0) is 17.7 Å².